The number of alkyl halides is 2. The van der Waals surface area contributed by atoms with Gasteiger partial charge in [0, 0.05) is 35.2 Å². The first kappa shape index (κ1) is 21.4. The summed E-state index contributed by atoms with van der Waals surface area (Å²) in [5.74, 6) is -2.85. The number of nitrogens with two attached hydrogens (primary N) is 1. The van der Waals surface area contributed by atoms with E-state index in [1.54, 1.807) is 36.4 Å². The quantitative estimate of drug-likeness (QED) is 0.400. The van der Waals surface area contributed by atoms with Gasteiger partial charge < -0.3 is 14.9 Å². The summed E-state index contributed by atoms with van der Waals surface area (Å²) in [6.45, 7) is 2.67. The van der Waals surface area contributed by atoms with Gasteiger partial charge in [-0.3, -0.25) is 0 Å². The predicted octanol–water partition coefficient (Wildman–Crippen LogP) is 6.22. The van der Waals surface area contributed by atoms with E-state index >= 15 is 4.39 Å². The highest BCUT2D eigenvalue weighted by Crippen LogP contribution is 2.39. The first-order chi connectivity index (χ1) is 15.2. The minimum Gasteiger partial charge on any atom is -0.496 e. The van der Waals surface area contributed by atoms with Crippen LogP contribution in [0.15, 0.2) is 59.0 Å². The molecule has 4 rings (SSSR count). The molecule has 164 valence electrons. The summed E-state index contributed by atoms with van der Waals surface area (Å²) in [7, 11) is 1.43. The number of methoxy groups -OCH3 is 1. The second-order valence-electron chi connectivity index (χ2n) is 7.47. The molecule has 0 fully saturated rings. The lowest BCUT2D eigenvalue weighted by Gasteiger charge is -2.16. The average Bonchev–Trinajstić information content (AvgIpc) is 3.19. The van der Waals surface area contributed by atoms with Crippen molar-refractivity contribution in [3.63, 3.8) is 0 Å². The summed E-state index contributed by atoms with van der Waals surface area (Å²) < 4.78 is 52.8. The molecule has 8 heteroatoms. The summed E-state index contributed by atoms with van der Waals surface area (Å²) in [6.07, 6.45) is 0. The zero-order valence-corrected chi connectivity index (χ0v) is 17.6. The lowest BCUT2D eigenvalue weighted by molar-refractivity contribution is 0.0175. The van der Waals surface area contributed by atoms with Crippen molar-refractivity contribution >= 4 is 6.01 Å². The SMILES string of the molecule is COc1cc(F)c(-c2ccc(-c3nnc(N)o3)cc2C)cc1-c1ccc(C(C)(F)F)cc1. The van der Waals surface area contributed by atoms with Gasteiger partial charge in [-0.1, -0.05) is 35.4 Å². The lowest BCUT2D eigenvalue weighted by atomic mass is 9.93. The Balaban J connectivity index is 1.79. The van der Waals surface area contributed by atoms with E-state index in [1.807, 2.05) is 6.92 Å². The molecule has 0 aliphatic carbocycles. The first-order valence-corrected chi connectivity index (χ1v) is 9.74. The summed E-state index contributed by atoms with van der Waals surface area (Å²) >= 11 is 0. The first-order valence-electron chi connectivity index (χ1n) is 9.74. The van der Waals surface area contributed by atoms with Crippen LogP contribution in [0.5, 0.6) is 5.75 Å². The lowest BCUT2D eigenvalue weighted by Crippen LogP contribution is -2.06. The number of anilines is 1. The predicted molar refractivity (Wildman–Crippen MR) is 116 cm³/mol. The van der Waals surface area contributed by atoms with Crippen molar-refractivity contribution in [1.82, 2.24) is 10.2 Å². The van der Waals surface area contributed by atoms with Gasteiger partial charge in [-0.05, 0) is 41.8 Å². The Morgan fingerprint density at radius 1 is 0.906 bits per heavy atom. The van der Waals surface area contributed by atoms with Crippen LogP contribution in [0.2, 0.25) is 0 Å². The van der Waals surface area contributed by atoms with Gasteiger partial charge in [-0.25, -0.2) is 13.2 Å². The molecule has 32 heavy (non-hydrogen) atoms. The van der Waals surface area contributed by atoms with Crippen molar-refractivity contribution in [3.8, 4) is 39.5 Å². The molecule has 0 saturated heterocycles. The average molecular weight is 439 g/mol. The third-order valence-corrected chi connectivity index (χ3v) is 5.20. The fourth-order valence-corrected chi connectivity index (χ4v) is 3.55. The minimum absolute atomic E-state index is 0.0422. The van der Waals surface area contributed by atoms with Crippen LogP contribution in [0, 0.1) is 12.7 Å². The number of hydrogen-bond donors (Lipinski definition) is 1. The summed E-state index contributed by atoms with van der Waals surface area (Å²) in [5.41, 5.74) is 9.03. The maximum Gasteiger partial charge on any atom is 0.313 e. The third-order valence-electron chi connectivity index (χ3n) is 5.20. The van der Waals surface area contributed by atoms with Crippen LogP contribution in [-0.2, 0) is 5.92 Å². The van der Waals surface area contributed by atoms with Gasteiger partial charge in [0.1, 0.15) is 11.6 Å². The van der Waals surface area contributed by atoms with Crippen molar-refractivity contribution in [2.75, 3.05) is 12.8 Å². The van der Waals surface area contributed by atoms with E-state index in [2.05, 4.69) is 10.2 Å². The molecule has 0 aliphatic heterocycles. The van der Waals surface area contributed by atoms with Crippen LogP contribution >= 0.6 is 0 Å². The molecule has 5 nitrogen and oxygen atoms in total. The molecule has 0 spiro atoms. The molecular weight excluding hydrogens is 419 g/mol. The van der Waals surface area contributed by atoms with Gasteiger partial charge in [-0.15, -0.1) is 5.10 Å². The Morgan fingerprint density at radius 3 is 2.16 bits per heavy atom. The van der Waals surface area contributed by atoms with Gasteiger partial charge in [0.2, 0.25) is 5.89 Å². The molecule has 0 aliphatic rings. The van der Waals surface area contributed by atoms with Crippen molar-refractivity contribution in [1.29, 1.82) is 0 Å². The highest BCUT2D eigenvalue weighted by Gasteiger charge is 2.24. The van der Waals surface area contributed by atoms with Crippen molar-refractivity contribution in [3.05, 3.63) is 71.5 Å². The van der Waals surface area contributed by atoms with Crippen LogP contribution in [0.1, 0.15) is 18.1 Å². The van der Waals surface area contributed by atoms with E-state index in [0.717, 1.165) is 12.5 Å². The van der Waals surface area contributed by atoms with Gasteiger partial charge >= 0.3 is 6.01 Å². The summed E-state index contributed by atoms with van der Waals surface area (Å²) in [6, 6.07) is 14.0. The number of rotatable bonds is 5. The van der Waals surface area contributed by atoms with E-state index in [-0.39, 0.29) is 17.5 Å². The Labute approximate surface area is 182 Å². The number of ether oxygens (including phenoxy) is 1. The highest BCUT2D eigenvalue weighted by molar-refractivity contribution is 5.80. The normalized spacial score (nSPS) is 11.6. The number of benzene rings is 3. The largest absolute Gasteiger partial charge is 0.496 e. The Kier molecular flexibility index (Phi) is 5.38. The molecule has 0 unspecified atom stereocenters. The molecule has 1 heterocycles. The molecule has 4 aromatic rings. The number of halogens is 3. The number of aromatic nitrogens is 2. The molecule has 3 aromatic carbocycles. The fraction of sp³-hybridized carbons (Fsp3) is 0.167. The Hall–Kier alpha value is -3.81. The van der Waals surface area contributed by atoms with Crippen molar-refractivity contribution in [2.24, 2.45) is 0 Å². The maximum absolute atomic E-state index is 15.0. The molecule has 0 saturated carbocycles. The van der Waals surface area contributed by atoms with E-state index < -0.39 is 11.7 Å². The molecule has 2 N–H and O–H groups in total. The molecule has 0 amide bonds. The van der Waals surface area contributed by atoms with Crippen LogP contribution < -0.4 is 10.5 Å². The van der Waals surface area contributed by atoms with Crippen LogP contribution in [-0.4, -0.2) is 17.3 Å². The van der Waals surface area contributed by atoms with Gasteiger partial charge in [0.05, 0.1) is 7.11 Å². The van der Waals surface area contributed by atoms with Gasteiger partial charge in [-0.2, -0.15) is 0 Å². The zero-order valence-electron chi connectivity index (χ0n) is 17.6. The van der Waals surface area contributed by atoms with E-state index in [0.29, 0.717) is 33.6 Å². The minimum atomic E-state index is -2.95. The number of aryl methyl sites for hydroxylation is 1. The maximum atomic E-state index is 15.0. The molecule has 0 radical (unpaired) electrons. The van der Waals surface area contributed by atoms with E-state index in [4.69, 9.17) is 14.9 Å². The molecule has 0 atom stereocenters. The van der Waals surface area contributed by atoms with Crippen molar-refractivity contribution in [2.45, 2.75) is 19.8 Å². The van der Waals surface area contributed by atoms with Gasteiger partial charge in [0.15, 0.2) is 0 Å². The summed E-state index contributed by atoms with van der Waals surface area (Å²) in [5, 5.41) is 7.51. The smallest absolute Gasteiger partial charge is 0.313 e. The van der Waals surface area contributed by atoms with E-state index in [9.17, 15) is 8.78 Å². The Morgan fingerprint density at radius 2 is 1.59 bits per heavy atom. The second kappa shape index (κ2) is 8.03. The highest BCUT2D eigenvalue weighted by atomic mass is 19.3. The Bertz CT molecular complexity index is 1280. The number of hydrogen-bond acceptors (Lipinski definition) is 5. The van der Waals surface area contributed by atoms with Crippen LogP contribution in [0.4, 0.5) is 19.2 Å². The summed E-state index contributed by atoms with van der Waals surface area (Å²) in [4.78, 5) is 0. The standard InChI is InChI=1S/C24H20F3N3O2/c1-13-10-15(22-29-30-23(28)32-22)6-9-17(13)19-11-18(21(31-3)12-20(19)25)14-4-7-16(8-5-14)24(2,26)27/h4-12H,1-3H3,(H2,28,30). The van der Waals surface area contributed by atoms with Crippen LogP contribution in [0.3, 0.4) is 0 Å². The van der Waals surface area contributed by atoms with E-state index in [1.165, 1.54) is 25.3 Å². The van der Waals surface area contributed by atoms with Crippen LogP contribution in [0.25, 0.3) is 33.7 Å². The molecule has 0 bridgehead atoms. The second-order valence-corrected chi connectivity index (χ2v) is 7.47. The third kappa shape index (κ3) is 4.03. The molecular formula is C24H20F3N3O2. The van der Waals surface area contributed by atoms with Crippen molar-refractivity contribution < 1.29 is 22.3 Å². The monoisotopic (exact) mass is 439 g/mol. The molecule has 1 aromatic heterocycles. The number of nitrogens with zero attached hydrogens (tertiary/aromatic N) is 2. The number of nitrogen functional groups attached to an aromatic ring is 1. The topological polar surface area (TPSA) is 74.2 Å². The fourth-order valence-electron chi connectivity index (χ4n) is 3.55. The zero-order chi connectivity index (χ0) is 23.0. The van der Waals surface area contributed by atoms with Gasteiger partial charge in [0.25, 0.3) is 5.92 Å².